The van der Waals surface area contributed by atoms with Gasteiger partial charge < -0.3 is 10.2 Å². The molecule has 1 saturated carbocycles. The fraction of sp³-hybridized carbons (Fsp3) is 0.579. The van der Waals surface area contributed by atoms with Gasteiger partial charge in [0.2, 0.25) is 21.8 Å². The Kier molecular flexibility index (Phi) is 6.16. The number of benzene rings is 1. The van der Waals surface area contributed by atoms with Crippen molar-refractivity contribution < 1.29 is 18.0 Å². The monoisotopic (exact) mass is 393 g/mol. The number of carbonyl (C=O) groups excluding carboxylic acids is 2. The van der Waals surface area contributed by atoms with Gasteiger partial charge in [-0.3, -0.25) is 9.59 Å². The Labute approximate surface area is 160 Å². The molecule has 3 rings (SSSR count). The molecule has 148 valence electrons. The van der Waals surface area contributed by atoms with Gasteiger partial charge in [0, 0.05) is 24.7 Å². The highest BCUT2D eigenvalue weighted by molar-refractivity contribution is 7.89. The fourth-order valence-corrected chi connectivity index (χ4v) is 4.74. The van der Waals surface area contributed by atoms with Crippen molar-refractivity contribution in [1.82, 2.24) is 10.0 Å². The fourth-order valence-electron chi connectivity index (χ4n) is 3.76. The molecule has 2 aliphatic rings. The Morgan fingerprint density at radius 1 is 1.15 bits per heavy atom. The molecule has 0 spiro atoms. The predicted molar refractivity (Wildman–Crippen MR) is 103 cm³/mol. The number of hydrogen-bond donors (Lipinski definition) is 2. The molecule has 0 bridgehead atoms. The Bertz CT molecular complexity index is 792. The Hall–Kier alpha value is -1.93. The van der Waals surface area contributed by atoms with Crippen LogP contribution in [0.5, 0.6) is 0 Å². The van der Waals surface area contributed by atoms with Crippen molar-refractivity contribution in [2.75, 3.05) is 18.0 Å². The van der Waals surface area contributed by atoms with Crippen molar-refractivity contribution in [1.29, 1.82) is 0 Å². The van der Waals surface area contributed by atoms with Crippen LogP contribution in [0.4, 0.5) is 5.69 Å². The van der Waals surface area contributed by atoms with E-state index in [4.69, 9.17) is 0 Å². The van der Waals surface area contributed by atoms with Gasteiger partial charge in [0.25, 0.3) is 0 Å². The molecule has 2 fully saturated rings. The summed E-state index contributed by atoms with van der Waals surface area (Å²) in [4.78, 5) is 25.6. The van der Waals surface area contributed by atoms with E-state index in [1.807, 2.05) is 0 Å². The predicted octanol–water partition coefficient (Wildman–Crippen LogP) is 1.79. The molecule has 1 aromatic rings. The van der Waals surface area contributed by atoms with Crippen LogP contribution in [0.2, 0.25) is 0 Å². The van der Waals surface area contributed by atoms with Gasteiger partial charge in [-0.25, -0.2) is 13.1 Å². The number of sulfonamides is 1. The lowest BCUT2D eigenvalue weighted by Gasteiger charge is -2.29. The number of rotatable bonds is 6. The Morgan fingerprint density at radius 2 is 1.85 bits per heavy atom. The van der Waals surface area contributed by atoms with Gasteiger partial charge in [0.15, 0.2) is 0 Å². The zero-order valence-corrected chi connectivity index (χ0v) is 16.4. The summed E-state index contributed by atoms with van der Waals surface area (Å²) < 4.78 is 27.2. The third-order valence-electron chi connectivity index (χ3n) is 5.41. The molecule has 1 aliphatic heterocycles. The number of nitrogens with zero attached hydrogens (tertiary/aromatic N) is 1. The van der Waals surface area contributed by atoms with Crippen LogP contribution in [0.15, 0.2) is 29.2 Å². The van der Waals surface area contributed by atoms with E-state index in [1.165, 1.54) is 18.6 Å². The molecule has 2 atom stereocenters. The lowest BCUT2D eigenvalue weighted by atomic mass is 9.86. The van der Waals surface area contributed by atoms with Crippen LogP contribution in [-0.2, 0) is 19.6 Å². The lowest BCUT2D eigenvalue weighted by Crippen LogP contribution is -2.45. The third-order valence-corrected chi connectivity index (χ3v) is 6.83. The highest BCUT2D eigenvalue weighted by Crippen LogP contribution is 2.24. The second-order valence-corrected chi connectivity index (χ2v) is 9.17. The minimum absolute atomic E-state index is 0.0531. The summed E-state index contributed by atoms with van der Waals surface area (Å²) in [6.07, 6.45) is 5.64. The maximum absolute atomic E-state index is 12.4. The molecule has 7 nitrogen and oxygen atoms in total. The zero-order chi connectivity index (χ0) is 19.4. The quantitative estimate of drug-likeness (QED) is 0.770. The molecule has 0 radical (unpaired) electrons. The van der Waals surface area contributed by atoms with Crippen LogP contribution in [0.1, 0.15) is 45.4 Å². The molecule has 1 saturated heterocycles. The second kappa shape index (κ2) is 8.39. The average molecular weight is 394 g/mol. The largest absolute Gasteiger partial charge is 0.352 e. The lowest BCUT2D eigenvalue weighted by molar-refractivity contribution is -0.121. The summed E-state index contributed by atoms with van der Waals surface area (Å²) >= 11 is 0. The Morgan fingerprint density at radius 3 is 2.48 bits per heavy atom. The molecule has 1 aromatic carbocycles. The standard InChI is InChI=1S/C19H27N3O4S/c1-14-5-2-3-6-17(14)21-18(23)13-20-27(25,26)16-10-8-15(9-11-16)22-12-4-7-19(22)24/h8-11,14,17,20H,2-7,12-13H2,1H3,(H,21,23)/t14-,17-/m1/s1. The number of nitrogens with one attached hydrogen (secondary N) is 2. The van der Waals surface area contributed by atoms with E-state index in [2.05, 4.69) is 17.0 Å². The smallest absolute Gasteiger partial charge is 0.241 e. The van der Waals surface area contributed by atoms with Crippen molar-refractivity contribution in [2.45, 2.75) is 56.4 Å². The van der Waals surface area contributed by atoms with Crippen LogP contribution in [-0.4, -0.2) is 39.4 Å². The summed E-state index contributed by atoms with van der Waals surface area (Å²) in [5.41, 5.74) is 0.695. The third kappa shape index (κ3) is 4.87. The molecule has 2 amide bonds. The van der Waals surface area contributed by atoms with Crippen molar-refractivity contribution >= 4 is 27.5 Å². The summed E-state index contributed by atoms with van der Waals surface area (Å²) in [5, 5.41) is 2.93. The molecule has 0 aromatic heterocycles. The second-order valence-electron chi connectivity index (χ2n) is 7.40. The minimum atomic E-state index is -3.78. The molecule has 1 aliphatic carbocycles. The van der Waals surface area contributed by atoms with Crippen LogP contribution < -0.4 is 14.9 Å². The molecule has 0 unspecified atom stereocenters. The maximum Gasteiger partial charge on any atom is 0.241 e. The molecule has 27 heavy (non-hydrogen) atoms. The van der Waals surface area contributed by atoms with Gasteiger partial charge in [-0.15, -0.1) is 0 Å². The first-order valence-electron chi connectivity index (χ1n) is 9.56. The first kappa shape index (κ1) is 19.8. The first-order valence-corrected chi connectivity index (χ1v) is 11.0. The highest BCUT2D eigenvalue weighted by Gasteiger charge is 2.24. The normalized spacial score (nSPS) is 23.4. The molecule has 8 heteroatoms. The van der Waals surface area contributed by atoms with E-state index in [0.717, 1.165) is 25.7 Å². The van der Waals surface area contributed by atoms with Gasteiger partial charge >= 0.3 is 0 Å². The van der Waals surface area contributed by atoms with Crippen LogP contribution >= 0.6 is 0 Å². The van der Waals surface area contributed by atoms with Gasteiger partial charge in [-0.2, -0.15) is 0 Å². The van der Waals surface area contributed by atoms with Crippen LogP contribution in [0.3, 0.4) is 0 Å². The van der Waals surface area contributed by atoms with Gasteiger partial charge in [-0.05, 0) is 49.4 Å². The topological polar surface area (TPSA) is 95.6 Å². The van der Waals surface area contributed by atoms with E-state index in [9.17, 15) is 18.0 Å². The van der Waals surface area contributed by atoms with Crippen molar-refractivity contribution in [3.8, 4) is 0 Å². The first-order chi connectivity index (χ1) is 12.9. The molecular formula is C19H27N3O4S. The zero-order valence-electron chi connectivity index (χ0n) is 15.6. The summed E-state index contributed by atoms with van der Waals surface area (Å²) in [7, 11) is -3.78. The van der Waals surface area contributed by atoms with Gasteiger partial charge in [0.05, 0.1) is 11.4 Å². The van der Waals surface area contributed by atoms with Crippen molar-refractivity contribution in [2.24, 2.45) is 5.92 Å². The summed E-state index contributed by atoms with van der Waals surface area (Å²) in [6, 6.07) is 6.30. The number of hydrogen-bond acceptors (Lipinski definition) is 4. The summed E-state index contributed by atoms with van der Waals surface area (Å²) in [6.45, 7) is 2.49. The number of carbonyl (C=O) groups is 2. The van der Waals surface area contributed by atoms with Crippen LogP contribution in [0, 0.1) is 5.92 Å². The van der Waals surface area contributed by atoms with Crippen LogP contribution in [0.25, 0.3) is 0 Å². The van der Waals surface area contributed by atoms with Crippen molar-refractivity contribution in [3.05, 3.63) is 24.3 Å². The SMILES string of the molecule is C[C@@H]1CCCC[C@H]1NC(=O)CNS(=O)(=O)c1ccc(N2CCCC2=O)cc1. The minimum Gasteiger partial charge on any atom is -0.352 e. The number of anilines is 1. The van der Waals surface area contributed by atoms with Gasteiger partial charge in [0.1, 0.15) is 0 Å². The molecule has 2 N–H and O–H groups in total. The summed E-state index contributed by atoms with van der Waals surface area (Å²) in [5.74, 6) is 0.161. The molecular weight excluding hydrogens is 366 g/mol. The van der Waals surface area contributed by atoms with Crippen molar-refractivity contribution in [3.63, 3.8) is 0 Å². The van der Waals surface area contributed by atoms with Gasteiger partial charge in [-0.1, -0.05) is 19.8 Å². The number of amides is 2. The Balaban J connectivity index is 1.56. The van der Waals surface area contributed by atoms with E-state index in [-0.39, 0.29) is 29.3 Å². The highest BCUT2D eigenvalue weighted by atomic mass is 32.2. The maximum atomic E-state index is 12.4. The van der Waals surface area contributed by atoms with E-state index in [1.54, 1.807) is 17.0 Å². The molecule has 1 heterocycles. The van der Waals surface area contributed by atoms with E-state index < -0.39 is 10.0 Å². The van der Waals surface area contributed by atoms with E-state index >= 15 is 0 Å². The average Bonchev–Trinajstić information content (AvgIpc) is 3.08. The van der Waals surface area contributed by atoms with E-state index in [0.29, 0.717) is 24.6 Å².